The number of aryl methyl sites for hydroxylation is 1. The Bertz CT molecular complexity index is 616. The van der Waals surface area contributed by atoms with Gasteiger partial charge in [-0.3, -0.25) is 4.68 Å². The van der Waals surface area contributed by atoms with Crippen LogP contribution in [0.15, 0.2) is 28.6 Å². The van der Waals surface area contributed by atoms with Crippen molar-refractivity contribution >= 4 is 27.2 Å². The van der Waals surface area contributed by atoms with Crippen LogP contribution < -0.4 is 10.5 Å². The van der Waals surface area contributed by atoms with Gasteiger partial charge in [0, 0.05) is 24.2 Å². The number of rotatable bonds is 5. The van der Waals surface area contributed by atoms with Gasteiger partial charge in [-0.05, 0) is 18.4 Å². The molecule has 0 radical (unpaired) electrons. The van der Waals surface area contributed by atoms with Crippen molar-refractivity contribution in [2.45, 2.75) is 24.9 Å². The summed E-state index contributed by atoms with van der Waals surface area (Å²) >= 11 is 1.49. The fourth-order valence-electron chi connectivity index (χ4n) is 1.44. The lowest BCUT2D eigenvalue weighted by Crippen LogP contribution is -2.23. The Hall–Kier alpha value is -1.38. The third-order valence-corrected chi connectivity index (χ3v) is 4.68. The molecule has 6 nitrogen and oxygen atoms in total. The maximum atomic E-state index is 12.0. The maximum absolute atomic E-state index is 12.0. The summed E-state index contributed by atoms with van der Waals surface area (Å²) in [5.41, 5.74) is 5.60. The van der Waals surface area contributed by atoms with E-state index in [2.05, 4.69) is 9.82 Å². The lowest BCUT2D eigenvalue weighted by molar-refractivity contribution is 0.581. The van der Waals surface area contributed by atoms with Crippen molar-refractivity contribution in [2.75, 3.05) is 5.73 Å². The van der Waals surface area contributed by atoms with E-state index in [0.717, 1.165) is 4.88 Å². The zero-order valence-electron chi connectivity index (χ0n) is 9.83. The van der Waals surface area contributed by atoms with Gasteiger partial charge in [-0.1, -0.05) is 6.07 Å². The van der Waals surface area contributed by atoms with Gasteiger partial charge in [-0.15, -0.1) is 11.3 Å². The van der Waals surface area contributed by atoms with Crippen LogP contribution in [-0.4, -0.2) is 18.2 Å². The van der Waals surface area contributed by atoms with Crippen LogP contribution in [0.3, 0.4) is 0 Å². The van der Waals surface area contributed by atoms with Crippen LogP contribution >= 0.6 is 11.3 Å². The Morgan fingerprint density at radius 3 is 2.89 bits per heavy atom. The fourth-order valence-corrected chi connectivity index (χ4v) is 3.26. The van der Waals surface area contributed by atoms with E-state index in [1.54, 1.807) is 0 Å². The number of nitrogens with two attached hydrogens (primary N) is 1. The van der Waals surface area contributed by atoms with Crippen LogP contribution in [0.4, 0.5) is 5.82 Å². The standard InChI is InChI=1S/C10H14N4O2S2/c1-2-14-7-9(10(11)13-14)18(15,16)12-6-8-4-3-5-17-8/h3-5,7,12H,2,6H2,1H3,(H2,11,13). The molecule has 2 rings (SSSR count). The minimum Gasteiger partial charge on any atom is -0.381 e. The van der Waals surface area contributed by atoms with Gasteiger partial charge in [0.25, 0.3) is 0 Å². The number of nitrogens with one attached hydrogen (secondary N) is 1. The third kappa shape index (κ3) is 2.71. The molecule has 0 bridgehead atoms. The van der Waals surface area contributed by atoms with Gasteiger partial charge in [0.05, 0.1) is 0 Å². The molecular weight excluding hydrogens is 272 g/mol. The van der Waals surface area contributed by atoms with Crippen molar-refractivity contribution in [3.8, 4) is 0 Å². The van der Waals surface area contributed by atoms with Gasteiger partial charge < -0.3 is 5.73 Å². The van der Waals surface area contributed by atoms with Crippen LogP contribution in [0.5, 0.6) is 0 Å². The van der Waals surface area contributed by atoms with Crippen molar-refractivity contribution in [3.05, 3.63) is 28.6 Å². The second-order valence-corrected chi connectivity index (χ2v) is 6.41. The Balaban J connectivity index is 2.17. The van der Waals surface area contributed by atoms with Gasteiger partial charge in [0.2, 0.25) is 10.0 Å². The van der Waals surface area contributed by atoms with Gasteiger partial charge >= 0.3 is 0 Å². The average Bonchev–Trinajstić information content (AvgIpc) is 2.95. The smallest absolute Gasteiger partial charge is 0.246 e. The molecule has 2 heterocycles. The van der Waals surface area contributed by atoms with Crippen molar-refractivity contribution in [1.29, 1.82) is 0 Å². The SMILES string of the molecule is CCn1cc(S(=O)(=O)NCc2cccs2)c(N)n1. The Morgan fingerprint density at radius 2 is 2.33 bits per heavy atom. The minimum absolute atomic E-state index is 0.0236. The van der Waals surface area contributed by atoms with E-state index in [1.165, 1.54) is 22.2 Å². The predicted octanol–water partition coefficient (Wildman–Crippen LogP) is 1.03. The minimum atomic E-state index is -3.61. The predicted molar refractivity (Wildman–Crippen MR) is 70.7 cm³/mol. The van der Waals surface area contributed by atoms with Crippen molar-refractivity contribution in [2.24, 2.45) is 0 Å². The highest BCUT2D eigenvalue weighted by atomic mass is 32.2. The summed E-state index contributed by atoms with van der Waals surface area (Å²) in [5, 5.41) is 5.81. The number of anilines is 1. The number of nitrogens with zero attached hydrogens (tertiary/aromatic N) is 2. The summed E-state index contributed by atoms with van der Waals surface area (Å²) in [6.45, 7) is 2.70. The first-order valence-electron chi connectivity index (χ1n) is 5.38. The van der Waals surface area contributed by atoms with Crippen molar-refractivity contribution in [1.82, 2.24) is 14.5 Å². The zero-order chi connectivity index (χ0) is 13.2. The molecule has 0 amide bonds. The highest BCUT2D eigenvalue weighted by Crippen LogP contribution is 2.17. The fraction of sp³-hybridized carbons (Fsp3) is 0.300. The zero-order valence-corrected chi connectivity index (χ0v) is 11.5. The molecule has 0 atom stereocenters. The first-order valence-corrected chi connectivity index (χ1v) is 7.74. The molecule has 0 aliphatic rings. The van der Waals surface area contributed by atoms with E-state index in [1.807, 2.05) is 24.4 Å². The number of thiophene rings is 1. The molecule has 0 unspecified atom stereocenters. The molecule has 2 aromatic rings. The summed E-state index contributed by atoms with van der Waals surface area (Å²) < 4.78 is 28.1. The molecule has 98 valence electrons. The molecule has 0 aromatic carbocycles. The molecule has 0 fully saturated rings. The van der Waals surface area contributed by atoms with Gasteiger partial charge in [-0.25, -0.2) is 13.1 Å². The summed E-state index contributed by atoms with van der Waals surface area (Å²) in [5.74, 6) is 0.0236. The normalized spacial score (nSPS) is 11.8. The molecular formula is C10H14N4O2S2. The lowest BCUT2D eigenvalue weighted by atomic mass is 10.5. The maximum Gasteiger partial charge on any atom is 0.246 e. The number of hydrogen-bond acceptors (Lipinski definition) is 5. The first-order chi connectivity index (χ1) is 8.53. The number of nitrogen functional groups attached to an aromatic ring is 1. The third-order valence-electron chi connectivity index (χ3n) is 2.38. The van der Waals surface area contributed by atoms with Crippen molar-refractivity contribution in [3.63, 3.8) is 0 Å². The second-order valence-electron chi connectivity index (χ2n) is 3.64. The summed E-state index contributed by atoms with van der Waals surface area (Å²) in [7, 11) is -3.61. The summed E-state index contributed by atoms with van der Waals surface area (Å²) in [6.07, 6.45) is 1.44. The van der Waals surface area contributed by atoms with Crippen LogP contribution in [0.2, 0.25) is 0 Å². The number of hydrogen-bond donors (Lipinski definition) is 2. The monoisotopic (exact) mass is 286 g/mol. The first kappa shape index (κ1) is 13.1. The Kier molecular flexibility index (Phi) is 3.69. The Morgan fingerprint density at radius 1 is 1.56 bits per heavy atom. The van der Waals surface area contributed by atoms with E-state index in [9.17, 15) is 8.42 Å². The van der Waals surface area contributed by atoms with E-state index in [0.29, 0.717) is 6.54 Å². The molecule has 18 heavy (non-hydrogen) atoms. The van der Waals surface area contributed by atoms with E-state index >= 15 is 0 Å². The van der Waals surface area contributed by atoms with Gasteiger partial charge in [0.15, 0.2) is 5.82 Å². The van der Waals surface area contributed by atoms with Crippen LogP contribution in [0.25, 0.3) is 0 Å². The quantitative estimate of drug-likeness (QED) is 0.859. The molecule has 3 N–H and O–H groups in total. The van der Waals surface area contributed by atoms with Crippen LogP contribution in [-0.2, 0) is 23.1 Å². The van der Waals surface area contributed by atoms with E-state index in [-0.39, 0.29) is 17.3 Å². The second kappa shape index (κ2) is 5.09. The molecule has 0 saturated carbocycles. The van der Waals surface area contributed by atoms with Gasteiger partial charge in [-0.2, -0.15) is 5.10 Å². The van der Waals surface area contributed by atoms with Crippen LogP contribution in [0.1, 0.15) is 11.8 Å². The molecule has 0 aliphatic carbocycles. The highest BCUT2D eigenvalue weighted by molar-refractivity contribution is 7.89. The summed E-state index contributed by atoms with van der Waals surface area (Å²) in [6, 6.07) is 3.74. The highest BCUT2D eigenvalue weighted by Gasteiger charge is 2.20. The number of aromatic nitrogens is 2. The van der Waals surface area contributed by atoms with Gasteiger partial charge in [0.1, 0.15) is 4.90 Å². The molecule has 0 aliphatic heterocycles. The Labute approximate surface area is 109 Å². The average molecular weight is 286 g/mol. The molecule has 8 heteroatoms. The topological polar surface area (TPSA) is 90.0 Å². The molecule has 0 spiro atoms. The lowest BCUT2D eigenvalue weighted by Gasteiger charge is -2.03. The van der Waals surface area contributed by atoms with Crippen molar-refractivity contribution < 1.29 is 8.42 Å². The van der Waals surface area contributed by atoms with E-state index < -0.39 is 10.0 Å². The number of sulfonamides is 1. The summed E-state index contributed by atoms with van der Waals surface area (Å²) in [4.78, 5) is 0.973. The molecule has 0 saturated heterocycles. The molecule has 2 aromatic heterocycles. The largest absolute Gasteiger partial charge is 0.381 e. The van der Waals surface area contributed by atoms with E-state index in [4.69, 9.17) is 5.73 Å². The van der Waals surface area contributed by atoms with Crippen LogP contribution in [0, 0.1) is 0 Å².